The van der Waals surface area contributed by atoms with Crippen LogP contribution in [-0.2, 0) is 17.5 Å². The molecular weight excluding hydrogens is 600 g/mol. The highest BCUT2D eigenvalue weighted by Gasteiger charge is 2.34. The van der Waals surface area contributed by atoms with Crippen molar-refractivity contribution in [1.82, 2.24) is 4.98 Å². The highest BCUT2D eigenvalue weighted by Crippen LogP contribution is 2.39. The largest absolute Gasteiger partial charge is 0.481 e. The summed E-state index contributed by atoms with van der Waals surface area (Å²) in [7, 11) is 0. The van der Waals surface area contributed by atoms with Gasteiger partial charge in [0.1, 0.15) is 5.69 Å². The Morgan fingerprint density at radius 3 is 2.15 bits per heavy atom. The van der Waals surface area contributed by atoms with Crippen LogP contribution in [0.15, 0.2) is 72.9 Å². The Balaban J connectivity index is 1.58. The Morgan fingerprint density at radius 1 is 0.829 bits per heavy atom. The summed E-state index contributed by atoms with van der Waals surface area (Å²) in [6.07, 6.45) is -3.35. The van der Waals surface area contributed by atoms with Crippen molar-refractivity contribution >= 4 is 52.2 Å². The highest BCUT2D eigenvalue weighted by atomic mass is 35.5. The lowest BCUT2D eigenvalue weighted by atomic mass is 9.97. The molecule has 0 aliphatic carbocycles. The second-order valence-electron chi connectivity index (χ2n) is 9.14. The van der Waals surface area contributed by atoms with Gasteiger partial charge >= 0.3 is 12.1 Å². The number of aliphatic carboxylic acids is 1. The average Bonchev–Trinajstić information content (AvgIpc) is 2.91. The zero-order valence-electron chi connectivity index (χ0n) is 21.2. The van der Waals surface area contributed by atoms with Crippen LogP contribution in [0.3, 0.4) is 0 Å². The zero-order valence-corrected chi connectivity index (χ0v) is 23.5. The number of carbonyl (C=O) groups is 2. The van der Waals surface area contributed by atoms with Crippen LogP contribution in [-0.4, -0.2) is 21.8 Å². The van der Waals surface area contributed by atoms with Gasteiger partial charge in [0, 0.05) is 52.4 Å². The Hall–Kier alpha value is -3.59. The first-order valence-corrected chi connectivity index (χ1v) is 13.5. The SMILES string of the molecule is O=C(O)CCCC(=O)c1ccc(-c2cc(C(F)(F)F)c(Cl)cc2CNc2ccc(-c3ccc(Cl)cc3Cl)cc2)cn1. The second-order valence-corrected chi connectivity index (χ2v) is 10.4. The lowest BCUT2D eigenvalue weighted by molar-refractivity contribution is -0.138. The molecule has 0 radical (unpaired) electrons. The molecule has 1 heterocycles. The molecule has 5 nitrogen and oxygen atoms in total. The van der Waals surface area contributed by atoms with Crippen molar-refractivity contribution in [2.75, 3.05) is 5.32 Å². The minimum absolute atomic E-state index is 0.00397. The van der Waals surface area contributed by atoms with Crippen molar-refractivity contribution in [3.63, 3.8) is 0 Å². The van der Waals surface area contributed by atoms with Crippen LogP contribution in [0, 0.1) is 0 Å². The molecular formula is C30H22Cl3F3N2O3. The van der Waals surface area contributed by atoms with Crippen molar-refractivity contribution in [3.05, 3.63) is 105 Å². The van der Waals surface area contributed by atoms with Gasteiger partial charge in [0.2, 0.25) is 0 Å². The van der Waals surface area contributed by atoms with E-state index in [1.54, 1.807) is 12.1 Å². The summed E-state index contributed by atoms with van der Waals surface area (Å²) in [5, 5.41) is 12.5. The molecule has 0 fully saturated rings. The molecule has 3 aromatic carbocycles. The molecule has 0 bridgehead atoms. The Bertz CT molecular complexity index is 1580. The van der Waals surface area contributed by atoms with E-state index in [0.29, 0.717) is 26.9 Å². The third-order valence-corrected chi connectivity index (χ3v) is 7.12. The molecule has 0 amide bonds. The summed E-state index contributed by atoms with van der Waals surface area (Å²) < 4.78 is 41.0. The maximum absolute atomic E-state index is 13.7. The van der Waals surface area contributed by atoms with Crippen molar-refractivity contribution in [2.24, 2.45) is 0 Å². The predicted molar refractivity (Wildman–Crippen MR) is 155 cm³/mol. The van der Waals surface area contributed by atoms with E-state index in [0.717, 1.165) is 17.2 Å². The normalized spacial score (nSPS) is 11.4. The molecule has 0 unspecified atom stereocenters. The molecule has 212 valence electrons. The van der Waals surface area contributed by atoms with Crippen LogP contribution in [0.2, 0.25) is 15.1 Å². The number of benzene rings is 3. The number of hydrogen-bond donors (Lipinski definition) is 2. The Morgan fingerprint density at radius 2 is 1.54 bits per heavy atom. The van der Waals surface area contributed by atoms with Crippen molar-refractivity contribution < 1.29 is 27.9 Å². The van der Waals surface area contributed by atoms with Gasteiger partial charge in [0.05, 0.1) is 10.6 Å². The van der Waals surface area contributed by atoms with E-state index in [4.69, 9.17) is 39.9 Å². The van der Waals surface area contributed by atoms with Crippen LogP contribution < -0.4 is 5.32 Å². The molecule has 0 aliphatic heterocycles. The first-order chi connectivity index (χ1) is 19.4. The van der Waals surface area contributed by atoms with Crippen molar-refractivity contribution in [2.45, 2.75) is 32.0 Å². The van der Waals surface area contributed by atoms with Gasteiger partial charge in [-0.15, -0.1) is 0 Å². The fourth-order valence-corrected chi connectivity index (χ4v) is 4.99. The van der Waals surface area contributed by atoms with Gasteiger partial charge in [-0.25, -0.2) is 0 Å². The Kier molecular flexibility index (Phi) is 9.58. The summed E-state index contributed by atoms with van der Waals surface area (Å²) in [6, 6.07) is 17.7. The van der Waals surface area contributed by atoms with E-state index in [9.17, 15) is 22.8 Å². The van der Waals surface area contributed by atoms with Gasteiger partial charge in [-0.2, -0.15) is 13.2 Å². The third-order valence-electron chi connectivity index (χ3n) is 6.26. The van der Waals surface area contributed by atoms with E-state index in [2.05, 4.69) is 10.3 Å². The number of carbonyl (C=O) groups excluding carboxylic acids is 1. The van der Waals surface area contributed by atoms with Crippen LogP contribution in [0.4, 0.5) is 18.9 Å². The van der Waals surface area contributed by atoms with Gasteiger partial charge in [-0.05, 0) is 65.6 Å². The first kappa shape index (κ1) is 30.4. The molecule has 0 atom stereocenters. The Labute approximate surface area is 248 Å². The molecule has 2 N–H and O–H groups in total. The maximum Gasteiger partial charge on any atom is 0.417 e. The predicted octanol–water partition coefficient (Wildman–Crippen LogP) is 9.44. The van der Waals surface area contributed by atoms with Gasteiger partial charge < -0.3 is 10.4 Å². The second kappa shape index (κ2) is 12.9. The van der Waals surface area contributed by atoms with Crippen LogP contribution >= 0.6 is 34.8 Å². The number of alkyl halides is 3. The van der Waals surface area contributed by atoms with Crippen molar-refractivity contribution in [3.8, 4) is 22.3 Å². The number of halogens is 6. The molecule has 11 heteroatoms. The molecule has 1 aromatic heterocycles. The van der Waals surface area contributed by atoms with Crippen LogP contribution in [0.5, 0.6) is 0 Å². The van der Waals surface area contributed by atoms with Gasteiger partial charge in [-0.1, -0.05) is 59.1 Å². The van der Waals surface area contributed by atoms with Gasteiger partial charge in [-0.3, -0.25) is 14.6 Å². The number of anilines is 1. The molecule has 4 aromatic rings. The molecule has 0 aliphatic rings. The molecule has 0 saturated heterocycles. The van der Waals surface area contributed by atoms with Crippen LogP contribution in [0.25, 0.3) is 22.3 Å². The number of carboxylic acids is 1. The monoisotopic (exact) mass is 620 g/mol. The van der Waals surface area contributed by atoms with E-state index in [-0.39, 0.29) is 42.8 Å². The summed E-state index contributed by atoms with van der Waals surface area (Å²) in [5.41, 5.74) is 2.57. The number of nitrogens with one attached hydrogen (secondary N) is 1. The highest BCUT2D eigenvalue weighted by molar-refractivity contribution is 6.36. The van der Waals surface area contributed by atoms with E-state index in [1.165, 1.54) is 24.4 Å². The minimum Gasteiger partial charge on any atom is -0.481 e. The first-order valence-electron chi connectivity index (χ1n) is 12.3. The summed E-state index contributed by atoms with van der Waals surface area (Å²) in [5.74, 6) is -1.36. The fraction of sp³-hybridized carbons (Fsp3) is 0.167. The minimum atomic E-state index is -4.68. The van der Waals surface area contributed by atoms with E-state index >= 15 is 0 Å². The molecule has 0 spiro atoms. The number of rotatable bonds is 10. The van der Waals surface area contributed by atoms with Gasteiger partial charge in [0.25, 0.3) is 0 Å². The molecule has 4 rings (SSSR count). The zero-order chi connectivity index (χ0) is 29.7. The number of hydrogen-bond acceptors (Lipinski definition) is 4. The average molecular weight is 622 g/mol. The smallest absolute Gasteiger partial charge is 0.417 e. The summed E-state index contributed by atoms with van der Waals surface area (Å²) in [6.45, 7) is 0.143. The van der Waals surface area contributed by atoms with Crippen molar-refractivity contribution in [1.29, 1.82) is 0 Å². The van der Waals surface area contributed by atoms with Gasteiger partial charge in [0.15, 0.2) is 5.78 Å². The number of nitrogens with zero attached hydrogens (tertiary/aromatic N) is 1. The lowest BCUT2D eigenvalue weighted by Crippen LogP contribution is -2.09. The summed E-state index contributed by atoms with van der Waals surface area (Å²) in [4.78, 5) is 27.1. The number of ketones is 1. The standard InChI is InChI=1S/C30H22Cl3F3N2O3/c31-20-7-10-22(25(32)13-20)17-4-8-21(9-5-17)37-16-19-12-26(33)24(30(34,35)36)14-23(19)18-6-11-27(38-15-18)28(39)2-1-3-29(40)41/h4-15,37H,1-3,16H2,(H,40,41). The summed E-state index contributed by atoms with van der Waals surface area (Å²) >= 11 is 18.3. The third kappa shape index (κ3) is 7.79. The quantitative estimate of drug-likeness (QED) is 0.173. The van der Waals surface area contributed by atoms with E-state index < -0.39 is 22.7 Å². The molecule has 41 heavy (non-hydrogen) atoms. The maximum atomic E-state index is 13.7. The topological polar surface area (TPSA) is 79.3 Å². The van der Waals surface area contributed by atoms with E-state index in [1.807, 2.05) is 30.3 Å². The van der Waals surface area contributed by atoms with Crippen LogP contribution in [0.1, 0.15) is 40.9 Å². The number of aromatic nitrogens is 1. The fourth-order valence-electron chi connectivity index (χ4n) is 4.18. The number of Topliss-reactive ketones (excluding diaryl/α,β-unsaturated/α-hetero) is 1. The number of pyridine rings is 1. The number of carboxylic acid groups (broad SMARTS) is 1. The lowest BCUT2D eigenvalue weighted by Gasteiger charge is -2.17. The molecule has 0 saturated carbocycles.